The highest BCUT2D eigenvalue weighted by molar-refractivity contribution is 7.57. The number of aliphatic hydroxyl groups is 1. The van der Waals surface area contributed by atoms with Crippen LogP contribution in [0, 0.1) is 0 Å². The van der Waals surface area contributed by atoms with Crippen LogP contribution >= 0.6 is 7.37 Å². The van der Waals surface area contributed by atoms with Gasteiger partial charge in [-0.15, -0.1) is 0 Å². The Balaban J connectivity index is 1.49. The van der Waals surface area contributed by atoms with Crippen LogP contribution in [-0.4, -0.2) is 51.2 Å². The summed E-state index contributed by atoms with van der Waals surface area (Å²) in [5.74, 6) is -0.229. The fourth-order valence-corrected chi connectivity index (χ4v) is 7.37. The van der Waals surface area contributed by atoms with Gasteiger partial charge in [0.2, 0.25) is 19.2 Å². The zero-order valence-corrected chi connectivity index (χ0v) is 26.4. The first-order valence-corrected chi connectivity index (χ1v) is 16.9. The quantitative estimate of drug-likeness (QED) is 0.128. The molecule has 1 unspecified atom stereocenters. The Bertz CT molecular complexity index is 1740. The summed E-state index contributed by atoms with van der Waals surface area (Å²) in [4.78, 5) is 8.10. The molecule has 1 atom stereocenters. The summed E-state index contributed by atoms with van der Waals surface area (Å²) in [7, 11) is 0.236. The minimum atomic E-state index is -4.77. The molecule has 4 aromatic rings. The van der Waals surface area contributed by atoms with Gasteiger partial charge in [0.15, 0.2) is 0 Å². The third kappa shape index (κ3) is 7.21. The molecule has 1 fully saturated rings. The number of aromatic hydroxyl groups is 1. The summed E-state index contributed by atoms with van der Waals surface area (Å²) in [6.07, 6.45) is 0.400. The number of nitrogens with one attached hydrogen (secondary N) is 2. The van der Waals surface area contributed by atoms with Gasteiger partial charge < -0.3 is 34.7 Å². The van der Waals surface area contributed by atoms with E-state index in [9.17, 15) is 27.9 Å². The van der Waals surface area contributed by atoms with E-state index in [1.807, 2.05) is 6.07 Å². The Morgan fingerprint density at radius 1 is 1.11 bits per heavy atom. The topological polar surface area (TPSA) is 131 Å². The van der Waals surface area contributed by atoms with Crippen molar-refractivity contribution in [1.82, 2.24) is 14.5 Å². The Labute approximate surface area is 259 Å². The van der Waals surface area contributed by atoms with Gasteiger partial charge in [-0.2, -0.15) is 18.2 Å². The van der Waals surface area contributed by atoms with E-state index in [0.717, 1.165) is 18.4 Å². The van der Waals surface area contributed by atoms with Crippen molar-refractivity contribution in [3.8, 4) is 11.6 Å². The lowest BCUT2D eigenvalue weighted by Gasteiger charge is -2.26. The Morgan fingerprint density at radius 2 is 1.82 bits per heavy atom. The van der Waals surface area contributed by atoms with Gasteiger partial charge >= 0.3 is 6.18 Å². The van der Waals surface area contributed by atoms with Crippen molar-refractivity contribution in [1.29, 1.82) is 0 Å². The lowest BCUT2D eigenvalue weighted by molar-refractivity contribution is -0.137. The third-order valence-corrected chi connectivity index (χ3v) is 9.77. The van der Waals surface area contributed by atoms with Crippen molar-refractivity contribution in [2.45, 2.75) is 57.0 Å². The molecule has 5 rings (SSSR count). The first kappa shape index (κ1) is 32.6. The highest BCUT2D eigenvalue weighted by Crippen LogP contribution is 2.47. The second-order valence-electron chi connectivity index (χ2n) is 11.4. The molecule has 4 N–H and O–H groups in total. The van der Waals surface area contributed by atoms with Crippen molar-refractivity contribution in [3.05, 3.63) is 59.4 Å². The van der Waals surface area contributed by atoms with E-state index >= 15 is 0 Å². The van der Waals surface area contributed by atoms with Crippen LogP contribution in [0.4, 0.5) is 36.3 Å². The second kappa shape index (κ2) is 12.9. The largest absolute Gasteiger partial charge is 0.495 e. The van der Waals surface area contributed by atoms with E-state index in [4.69, 9.17) is 9.26 Å². The molecule has 0 saturated heterocycles. The summed E-state index contributed by atoms with van der Waals surface area (Å²) in [5.41, 5.74) is 1.22. The number of hydrogen-bond donors (Lipinski definition) is 4. The molecule has 10 nitrogen and oxygen atoms in total. The van der Waals surface area contributed by atoms with Crippen LogP contribution in [0.2, 0.25) is 0 Å². The van der Waals surface area contributed by atoms with Crippen molar-refractivity contribution in [2.75, 3.05) is 31.0 Å². The third-order valence-electron chi connectivity index (χ3n) is 8.03. The normalized spacial score (nSPS) is 18.5. The van der Waals surface area contributed by atoms with Crippen molar-refractivity contribution in [2.24, 2.45) is 7.05 Å². The number of alkyl halides is 3. The maximum Gasteiger partial charge on any atom is 0.421 e. The number of aromatic nitrogens is 3. The number of rotatable bonds is 10. The van der Waals surface area contributed by atoms with Crippen LogP contribution in [0.3, 0.4) is 0 Å². The molecule has 14 heteroatoms. The SMILES string of the molecule is CCOP(C)(=O)Cc1ccc(Nc2ncc(C(F)(F)F)c(Nc3ccc(C4CCC(O)CC4)c4cn(C)c(O)c34)n2)c(OC)c1. The maximum atomic E-state index is 14.1. The molecule has 0 spiro atoms. The van der Waals surface area contributed by atoms with Crippen LogP contribution in [0.15, 0.2) is 42.7 Å². The minimum Gasteiger partial charge on any atom is -0.495 e. The van der Waals surface area contributed by atoms with Crippen molar-refractivity contribution < 1.29 is 37.2 Å². The number of benzene rings is 2. The standard InChI is InChI=1S/C31H37F3N5O5P/c1-5-44-45(4,42)17-18-6-12-24(26(14-18)43-3)37-30-35-15-23(31(32,33)34)28(38-30)36-25-13-11-21(19-7-9-20(40)10-8-19)22-16-39(2)29(41)27(22)25/h6,11-16,19-20,40-41H,5,7-10,17H2,1-4H3,(H2,35,36,37,38). The lowest BCUT2D eigenvalue weighted by Crippen LogP contribution is -2.17. The van der Waals surface area contributed by atoms with E-state index in [-0.39, 0.29) is 35.7 Å². The number of hydrogen-bond acceptors (Lipinski definition) is 9. The Kier molecular flexibility index (Phi) is 9.34. The molecule has 2 aromatic carbocycles. The zero-order chi connectivity index (χ0) is 32.5. The second-order valence-corrected chi connectivity index (χ2v) is 14.0. The molecule has 1 aliphatic rings. The summed E-state index contributed by atoms with van der Waals surface area (Å²) in [6.45, 7) is 3.64. The zero-order valence-electron chi connectivity index (χ0n) is 25.5. The van der Waals surface area contributed by atoms with Gasteiger partial charge in [-0.3, -0.25) is 4.57 Å². The lowest BCUT2D eigenvalue weighted by atomic mass is 9.81. The number of aryl methyl sites for hydroxylation is 1. The highest BCUT2D eigenvalue weighted by atomic mass is 31.2. The van der Waals surface area contributed by atoms with E-state index < -0.39 is 24.9 Å². The van der Waals surface area contributed by atoms with E-state index in [0.29, 0.717) is 53.4 Å². The number of ether oxygens (including phenoxy) is 1. The molecule has 2 heterocycles. The van der Waals surface area contributed by atoms with E-state index in [1.54, 1.807) is 51.1 Å². The van der Waals surface area contributed by atoms with Gasteiger partial charge in [0.1, 0.15) is 17.1 Å². The highest BCUT2D eigenvalue weighted by Gasteiger charge is 2.36. The summed E-state index contributed by atoms with van der Waals surface area (Å²) < 4.78 is 67.4. The Morgan fingerprint density at radius 3 is 2.49 bits per heavy atom. The molecule has 0 aliphatic heterocycles. The van der Waals surface area contributed by atoms with Crippen molar-refractivity contribution in [3.63, 3.8) is 0 Å². The first-order valence-electron chi connectivity index (χ1n) is 14.6. The number of anilines is 4. The van der Waals surface area contributed by atoms with Crippen LogP contribution in [0.1, 0.15) is 55.2 Å². The summed E-state index contributed by atoms with van der Waals surface area (Å²) >= 11 is 0. The van der Waals surface area contributed by atoms with Crippen LogP contribution in [0.25, 0.3) is 10.8 Å². The van der Waals surface area contributed by atoms with Crippen LogP contribution in [0.5, 0.6) is 11.6 Å². The predicted molar refractivity (Wildman–Crippen MR) is 167 cm³/mol. The number of nitrogens with zero attached hydrogens (tertiary/aromatic N) is 3. The molecule has 45 heavy (non-hydrogen) atoms. The molecule has 0 bridgehead atoms. The molecule has 0 amide bonds. The summed E-state index contributed by atoms with van der Waals surface area (Å²) in [5, 5.41) is 27.8. The predicted octanol–water partition coefficient (Wildman–Crippen LogP) is 7.65. The molecular weight excluding hydrogens is 610 g/mol. The molecule has 1 saturated carbocycles. The van der Waals surface area contributed by atoms with Gasteiger partial charge in [-0.25, -0.2) is 4.98 Å². The first-order chi connectivity index (χ1) is 21.3. The minimum absolute atomic E-state index is 0.100. The molecule has 2 aromatic heterocycles. The molecular formula is C31H37F3N5O5P. The van der Waals surface area contributed by atoms with Crippen LogP contribution in [-0.2, 0) is 28.5 Å². The number of aliphatic hydroxyl groups excluding tert-OH is 1. The maximum absolute atomic E-state index is 14.1. The monoisotopic (exact) mass is 647 g/mol. The average molecular weight is 648 g/mol. The van der Waals surface area contributed by atoms with E-state index in [1.165, 1.54) is 11.7 Å². The van der Waals surface area contributed by atoms with E-state index in [2.05, 4.69) is 20.6 Å². The number of fused-ring (bicyclic) bond motifs is 1. The molecule has 242 valence electrons. The van der Waals surface area contributed by atoms with Gasteiger partial charge in [0.05, 0.1) is 36.6 Å². The van der Waals surface area contributed by atoms with Gasteiger partial charge in [-0.05, 0) is 67.9 Å². The smallest absolute Gasteiger partial charge is 0.421 e. The summed E-state index contributed by atoms with van der Waals surface area (Å²) in [6, 6.07) is 8.53. The van der Waals surface area contributed by atoms with Crippen LogP contribution < -0.4 is 15.4 Å². The van der Waals surface area contributed by atoms with Gasteiger partial charge in [0, 0.05) is 37.7 Å². The Hall–Kier alpha value is -3.80. The number of methoxy groups -OCH3 is 1. The van der Waals surface area contributed by atoms with Gasteiger partial charge in [0.25, 0.3) is 0 Å². The fourth-order valence-electron chi connectivity index (χ4n) is 5.87. The average Bonchev–Trinajstić information content (AvgIpc) is 3.28. The van der Waals surface area contributed by atoms with Gasteiger partial charge in [-0.1, -0.05) is 12.1 Å². The molecule has 0 radical (unpaired) electrons. The van der Waals surface area contributed by atoms with Crippen molar-refractivity contribution >= 4 is 41.3 Å². The number of halogens is 3. The fraction of sp³-hybridized carbons (Fsp3) is 0.419. The molecule has 1 aliphatic carbocycles.